The van der Waals surface area contributed by atoms with E-state index in [1.807, 2.05) is 37.3 Å². The van der Waals surface area contributed by atoms with Gasteiger partial charge in [-0.05, 0) is 43.0 Å². The first-order valence-electron chi connectivity index (χ1n) is 9.09. The van der Waals surface area contributed by atoms with Gasteiger partial charge in [-0.3, -0.25) is 4.79 Å². The summed E-state index contributed by atoms with van der Waals surface area (Å²) in [5.74, 6) is 0.893. The molecular weight excluding hydrogens is 354 g/mol. The van der Waals surface area contributed by atoms with Gasteiger partial charge in [-0.2, -0.15) is 5.26 Å². The van der Waals surface area contributed by atoms with Gasteiger partial charge in [-0.1, -0.05) is 12.1 Å². The van der Waals surface area contributed by atoms with E-state index in [9.17, 15) is 4.79 Å². The van der Waals surface area contributed by atoms with Gasteiger partial charge in [-0.15, -0.1) is 0 Å². The molecule has 3 aromatic rings. The van der Waals surface area contributed by atoms with Crippen molar-refractivity contribution in [2.24, 2.45) is 11.8 Å². The van der Waals surface area contributed by atoms with E-state index in [0.29, 0.717) is 35.7 Å². The number of nitriles is 1. The number of nitrogen functional groups attached to an aromatic ring is 1. The zero-order valence-electron chi connectivity index (χ0n) is 15.3. The first-order valence-corrected chi connectivity index (χ1v) is 9.09. The quantitative estimate of drug-likeness (QED) is 0.709. The van der Waals surface area contributed by atoms with Crippen molar-refractivity contribution in [2.75, 3.05) is 17.7 Å². The molecule has 1 amide bonds. The van der Waals surface area contributed by atoms with Crippen molar-refractivity contribution < 1.29 is 9.53 Å². The van der Waals surface area contributed by atoms with E-state index >= 15 is 0 Å². The maximum Gasteiger partial charge on any atom is 0.230 e. The minimum atomic E-state index is -0.251. The van der Waals surface area contributed by atoms with Gasteiger partial charge in [0.25, 0.3) is 0 Å². The fourth-order valence-electron chi connectivity index (χ4n) is 3.19. The molecule has 28 heavy (non-hydrogen) atoms. The molecule has 1 aliphatic carbocycles. The summed E-state index contributed by atoms with van der Waals surface area (Å²) in [6.07, 6.45) is 2.20. The standard InChI is InChI=1S/C21H19N5O2/c1-2-28-18-6-4-3-5-14(18)17-8-12-9-19(24-11-16(12)20(23)25-17)26-21(27)15-7-13(15)10-22/h3-6,8-9,11,13,15H,2,7H2,1H3,(H2,23,25)(H,24,26,27)/t13-,15+/m0/s1. The van der Waals surface area contributed by atoms with Crippen LogP contribution in [0.4, 0.5) is 11.6 Å². The molecule has 1 saturated carbocycles. The number of amides is 1. The lowest BCUT2D eigenvalue weighted by Crippen LogP contribution is -2.15. The molecule has 0 radical (unpaired) electrons. The molecule has 3 N–H and O–H groups in total. The largest absolute Gasteiger partial charge is 0.493 e. The van der Waals surface area contributed by atoms with Crippen molar-refractivity contribution in [3.8, 4) is 23.1 Å². The number of para-hydroxylation sites is 1. The van der Waals surface area contributed by atoms with Gasteiger partial charge in [0, 0.05) is 17.1 Å². The molecule has 7 nitrogen and oxygen atoms in total. The molecule has 1 aliphatic rings. The second-order valence-electron chi connectivity index (χ2n) is 6.68. The summed E-state index contributed by atoms with van der Waals surface area (Å²) in [5, 5.41) is 13.2. The number of hydrogen-bond acceptors (Lipinski definition) is 6. The van der Waals surface area contributed by atoms with Crippen LogP contribution < -0.4 is 15.8 Å². The molecule has 1 aromatic carbocycles. The molecule has 0 aliphatic heterocycles. The van der Waals surface area contributed by atoms with Gasteiger partial charge < -0.3 is 15.8 Å². The van der Waals surface area contributed by atoms with E-state index in [4.69, 9.17) is 15.7 Å². The lowest BCUT2D eigenvalue weighted by Gasteiger charge is -2.12. The minimum absolute atomic E-state index is 0.178. The Morgan fingerprint density at radius 1 is 1.39 bits per heavy atom. The zero-order chi connectivity index (χ0) is 19.7. The Hall–Kier alpha value is -3.66. The van der Waals surface area contributed by atoms with Gasteiger partial charge in [0.1, 0.15) is 17.4 Å². The number of carbonyl (C=O) groups excluding carboxylic acids is 1. The number of hydrogen-bond donors (Lipinski definition) is 2. The topological polar surface area (TPSA) is 114 Å². The molecule has 7 heteroatoms. The van der Waals surface area contributed by atoms with Gasteiger partial charge in [0.15, 0.2) is 0 Å². The van der Waals surface area contributed by atoms with E-state index in [2.05, 4.69) is 21.4 Å². The highest BCUT2D eigenvalue weighted by molar-refractivity contribution is 5.98. The van der Waals surface area contributed by atoms with Crippen LogP contribution in [0.25, 0.3) is 22.0 Å². The molecule has 2 heterocycles. The number of ether oxygens (including phenoxy) is 1. The van der Waals surface area contributed by atoms with Crippen molar-refractivity contribution in [2.45, 2.75) is 13.3 Å². The molecule has 0 bridgehead atoms. The third-order valence-corrected chi connectivity index (χ3v) is 4.75. The number of carbonyl (C=O) groups is 1. The van der Waals surface area contributed by atoms with Crippen LogP contribution in [0.1, 0.15) is 13.3 Å². The maximum atomic E-state index is 12.2. The van der Waals surface area contributed by atoms with Crippen LogP contribution in [0, 0.1) is 23.2 Å². The molecule has 2 atom stereocenters. The average Bonchev–Trinajstić information content (AvgIpc) is 3.48. The summed E-state index contributed by atoms with van der Waals surface area (Å²) >= 11 is 0. The number of anilines is 2. The van der Waals surface area contributed by atoms with Gasteiger partial charge in [0.2, 0.25) is 5.91 Å². The molecule has 4 rings (SSSR count). The lowest BCUT2D eigenvalue weighted by molar-refractivity contribution is -0.117. The Morgan fingerprint density at radius 3 is 2.96 bits per heavy atom. The molecule has 140 valence electrons. The van der Waals surface area contributed by atoms with Gasteiger partial charge in [0.05, 0.1) is 30.2 Å². The van der Waals surface area contributed by atoms with Crippen LogP contribution in [-0.4, -0.2) is 22.5 Å². The summed E-state index contributed by atoms with van der Waals surface area (Å²) in [6.45, 7) is 2.47. The predicted molar refractivity (Wildman–Crippen MR) is 106 cm³/mol. The number of benzene rings is 1. The molecule has 0 spiro atoms. The van der Waals surface area contributed by atoms with E-state index < -0.39 is 0 Å². The number of rotatable bonds is 5. The summed E-state index contributed by atoms with van der Waals surface area (Å²) in [7, 11) is 0. The fraction of sp³-hybridized carbons (Fsp3) is 0.238. The summed E-state index contributed by atoms with van der Waals surface area (Å²) in [4.78, 5) is 21.0. The first-order chi connectivity index (χ1) is 13.6. The average molecular weight is 373 g/mol. The van der Waals surface area contributed by atoms with Crippen LogP contribution in [0.5, 0.6) is 5.75 Å². The normalized spacial score (nSPS) is 17.7. The van der Waals surface area contributed by atoms with Crippen molar-refractivity contribution in [1.29, 1.82) is 5.26 Å². The summed E-state index contributed by atoms with van der Waals surface area (Å²) in [6, 6.07) is 13.4. The van der Waals surface area contributed by atoms with Crippen LogP contribution in [0.3, 0.4) is 0 Å². The number of nitrogens with zero attached hydrogens (tertiary/aromatic N) is 3. The van der Waals surface area contributed by atoms with Gasteiger partial charge >= 0.3 is 0 Å². The van der Waals surface area contributed by atoms with E-state index in [0.717, 1.165) is 16.7 Å². The van der Waals surface area contributed by atoms with Crippen molar-refractivity contribution in [1.82, 2.24) is 9.97 Å². The zero-order valence-corrected chi connectivity index (χ0v) is 15.3. The SMILES string of the molecule is CCOc1ccccc1-c1cc2cc(NC(=O)[C@@H]3C[C@H]3C#N)ncc2c(N)n1. The number of pyridine rings is 2. The van der Waals surface area contributed by atoms with Gasteiger partial charge in [-0.25, -0.2) is 9.97 Å². The monoisotopic (exact) mass is 373 g/mol. The Morgan fingerprint density at radius 2 is 2.21 bits per heavy atom. The Kier molecular flexibility index (Phi) is 4.53. The van der Waals surface area contributed by atoms with Crippen molar-refractivity contribution in [3.63, 3.8) is 0 Å². The summed E-state index contributed by atoms with van der Waals surface area (Å²) in [5.41, 5.74) is 7.68. The Balaban J connectivity index is 1.69. The van der Waals surface area contributed by atoms with Crippen molar-refractivity contribution >= 4 is 28.3 Å². The van der Waals surface area contributed by atoms with E-state index in [-0.39, 0.29) is 17.7 Å². The molecule has 1 fully saturated rings. The molecule has 2 aromatic heterocycles. The molecular formula is C21H19N5O2. The maximum absolute atomic E-state index is 12.2. The second kappa shape index (κ2) is 7.16. The predicted octanol–water partition coefficient (Wildman–Crippen LogP) is 3.38. The van der Waals surface area contributed by atoms with Crippen LogP contribution in [-0.2, 0) is 4.79 Å². The highest BCUT2D eigenvalue weighted by Crippen LogP contribution is 2.38. The number of fused-ring (bicyclic) bond motifs is 1. The first kappa shape index (κ1) is 17.7. The van der Waals surface area contributed by atoms with Crippen LogP contribution in [0.2, 0.25) is 0 Å². The van der Waals surface area contributed by atoms with Crippen LogP contribution in [0.15, 0.2) is 42.6 Å². The molecule has 0 unspecified atom stereocenters. The third kappa shape index (κ3) is 3.32. The Bertz CT molecular complexity index is 1110. The third-order valence-electron chi connectivity index (χ3n) is 4.75. The highest BCUT2D eigenvalue weighted by Gasteiger charge is 2.43. The highest BCUT2D eigenvalue weighted by atomic mass is 16.5. The molecule has 0 saturated heterocycles. The lowest BCUT2D eigenvalue weighted by atomic mass is 10.1. The number of aromatic nitrogens is 2. The minimum Gasteiger partial charge on any atom is -0.493 e. The van der Waals surface area contributed by atoms with E-state index in [1.54, 1.807) is 12.3 Å². The summed E-state index contributed by atoms with van der Waals surface area (Å²) < 4.78 is 5.70. The second-order valence-corrected chi connectivity index (χ2v) is 6.68. The number of nitrogens with two attached hydrogens (primary N) is 1. The number of nitrogens with one attached hydrogen (secondary N) is 1. The van der Waals surface area contributed by atoms with Crippen molar-refractivity contribution in [3.05, 3.63) is 42.6 Å². The Labute approximate surface area is 162 Å². The fourth-order valence-corrected chi connectivity index (χ4v) is 3.19. The van der Waals surface area contributed by atoms with E-state index in [1.165, 1.54) is 0 Å². The smallest absolute Gasteiger partial charge is 0.230 e. The van der Waals surface area contributed by atoms with Crippen LogP contribution >= 0.6 is 0 Å².